The first-order valence-corrected chi connectivity index (χ1v) is 10.9. The van der Waals surface area contributed by atoms with Crippen molar-refractivity contribution in [3.63, 3.8) is 0 Å². The summed E-state index contributed by atoms with van der Waals surface area (Å²) in [6.45, 7) is 0.294. The molecule has 1 aliphatic rings. The second kappa shape index (κ2) is 7.94. The topological polar surface area (TPSA) is 76.6 Å². The van der Waals surface area contributed by atoms with Gasteiger partial charge in [-0.2, -0.15) is 26.3 Å². The minimum absolute atomic E-state index is 0.156. The van der Waals surface area contributed by atoms with Gasteiger partial charge in [0.2, 0.25) is 0 Å². The SMILES string of the molecule is CC(Oc1ccc(S(C)(=O)=O)cc1C(=O)N1Cc2cnc(C(F)(F)F)cc2C1)C(F)(F)F. The summed E-state index contributed by atoms with van der Waals surface area (Å²) in [5, 5.41) is 0. The van der Waals surface area contributed by atoms with Gasteiger partial charge in [-0.05, 0) is 42.3 Å². The fraction of sp³-hybridized carbons (Fsp3) is 0.368. The van der Waals surface area contributed by atoms with E-state index in [9.17, 15) is 39.6 Å². The van der Waals surface area contributed by atoms with Crippen LogP contribution in [0.1, 0.15) is 34.1 Å². The number of carbonyl (C=O) groups excluding carboxylic acids is 1. The highest BCUT2D eigenvalue weighted by Gasteiger charge is 2.39. The van der Waals surface area contributed by atoms with Gasteiger partial charge < -0.3 is 9.64 Å². The summed E-state index contributed by atoms with van der Waals surface area (Å²) < 4.78 is 106. The van der Waals surface area contributed by atoms with Crippen molar-refractivity contribution < 1.29 is 44.3 Å². The lowest BCUT2D eigenvalue weighted by Crippen LogP contribution is -2.32. The van der Waals surface area contributed by atoms with Gasteiger partial charge in [-0.1, -0.05) is 0 Å². The Balaban J connectivity index is 1.97. The Kier molecular flexibility index (Phi) is 5.91. The summed E-state index contributed by atoms with van der Waals surface area (Å²) in [6, 6.07) is 3.62. The maximum Gasteiger partial charge on any atom is 0.433 e. The lowest BCUT2D eigenvalue weighted by molar-refractivity contribution is -0.189. The zero-order valence-electron chi connectivity index (χ0n) is 16.6. The van der Waals surface area contributed by atoms with Crippen molar-refractivity contribution in [1.82, 2.24) is 9.88 Å². The molecule has 0 spiro atoms. The molecule has 2 heterocycles. The smallest absolute Gasteiger partial charge is 0.433 e. The highest BCUT2D eigenvalue weighted by molar-refractivity contribution is 7.90. The van der Waals surface area contributed by atoms with Crippen molar-refractivity contribution in [3.8, 4) is 5.75 Å². The normalized spacial score (nSPS) is 15.4. The maximum atomic E-state index is 13.1. The molecule has 174 valence electrons. The van der Waals surface area contributed by atoms with Crippen molar-refractivity contribution in [1.29, 1.82) is 0 Å². The van der Waals surface area contributed by atoms with Crippen molar-refractivity contribution in [2.24, 2.45) is 0 Å². The molecule has 0 saturated carbocycles. The van der Waals surface area contributed by atoms with Crippen LogP contribution in [0, 0.1) is 0 Å². The molecule has 0 saturated heterocycles. The fourth-order valence-electron chi connectivity index (χ4n) is 3.02. The molecule has 1 aromatic heterocycles. The van der Waals surface area contributed by atoms with Crippen LogP contribution in [-0.4, -0.2) is 42.7 Å². The van der Waals surface area contributed by atoms with E-state index in [0.717, 1.165) is 48.5 Å². The zero-order chi connectivity index (χ0) is 24.1. The summed E-state index contributed by atoms with van der Waals surface area (Å²) in [4.78, 5) is 17.1. The number of benzene rings is 1. The first-order valence-electron chi connectivity index (χ1n) is 8.99. The van der Waals surface area contributed by atoms with E-state index in [-0.39, 0.29) is 23.5 Å². The largest absolute Gasteiger partial charge is 0.480 e. The molecule has 1 unspecified atom stereocenters. The molecule has 2 aromatic rings. The quantitative estimate of drug-likeness (QED) is 0.616. The van der Waals surface area contributed by atoms with Crippen molar-refractivity contribution >= 4 is 15.7 Å². The van der Waals surface area contributed by atoms with Crippen LogP contribution in [0.25, 0.3) is 0 Å². The molecule has 0 bridgehead atoms. The van der Waals surface area contributed by atoms with Crippen LogP contribution in [0.4, 0.5) is 26.3 Å². The molecule has 0 N–H and O–H groups in total. The zero-order valence-corrected chi connectivity index (χ0v) is 17.4. The van der Waals surface area contributed by atoms with E-state index >= 15 is 0 Å². The van der Waals surface area contributed by atoms with Gasteiger partial charge in [0.1, 0.15) is 11.4 Å². The lowest BCUT2D eigenvalue weighted by atomic mass is 10.1. The van der Waals surface area contributed by atoms with E-state index in [4.69, 9.17) is 4.74 Å². The number of fused-ring (bicyclic) bond motifs is 1. The molecule has 0 aliphatic carbocycles. The third-order valence-electron chi connectivity index (χ3n) is 4.76. The molecule has 1 amide bonds. The van der Waals surface area contributed by atoms with Gasteiger partial charge in [0, 0.05) is 25.5 Å². The fourth-order valence-corrected chi connectivity index (χ4v) is 3.67. The number of pyridine rings is 1. The predicted molar refractivity (Wildman–Crippen MR) is 98.5 cm³/mol. The number of amides is 1. The number of halogens is 6. The number of aromatic nitrogens is 1. The number of sulfone groups is 1. The Morgan fingerprint density at radius 3 is 2.28 bits per heavy atom. The number of hydrogen-bond acceptors (Lipinski definition) is 5. The van der Waals surface area contributed by atoms with E-state index in [0.29, 0.717) is 5.56 Å². The van der Waals surface area contributed by atoms with Gasteiger partial charge in [-0.15, -0.1) is 0 Å². The van der Waals surface area contributed by atoms with Gasteiger partial charge in [0.25, 0.3) is 5.91 Å². The highest BCUT2D eigenvalue weighted by Crippen LogP contribution is 2.34. The van der Waals surface area contributed by atoms with Gasteiger partial charge >= 0.3 is 12.4 Å². The van der Waals surface area contributed by atoms with Crippen LogP contribution >= 0.6 is 0 Å². The first-order chi connectivity index (χ1) is 14.6. The Bertz CT molecular complexity index is 1160. The molecule has 0 radical (unpaired) electrons. The third-order valence-corrected chi connectivity index (χ3v) is 5.87. The maximum absolute atomic E-state index is 13.1. The number of nitrogens with zero attached hydrogens (tertiary/aromatic N) is 2. The number of alkyl halides is 6. The standard InChI is InChI=1S/C19H16F6N2O4S/c1-10(18(20,21)22)31-15-4-3-13(32(2,29)30)6-14(15)17(28)27-8-11-5-16(19(23,24)25)26-7-12(11)9-27/h3-7,10H,8-9H2,1-2H3. The predicted octanol–water partition coefficient (Wildman–Crippen LogP) is 3.99. The van der Waals surface area contributed by atoms with Crippen LogP contribution in [0.15, 0.2) is 35.4 Å². The number of carbonyl (C=O) groups is 1. The molecule has 1 aliphatic heterocycles. The molecular weight excluding hydrogens is 466 g/mol. The van der Waals surface area contributed by atoms with E-state index in [1.54, 1.807) is 0 Å². The van der Waals surface area contributed by atoms with Crippen LogP contribution in [-0.2, 0) is 29.1 Å². The first kappa shape index (κ1) is 23.8. The van der Waals surface area contributed by atoms with Crippen molar-refractivity contribution in [2.75, 3.05) is 6.26 Å². The van der Waals surface area contributed by atoms with Gasteiger partial charge in [0.05, 0.1) is 10.5 Å². The van der Waals surface area contributed by atoms with Crippen molar-refractivity contribution in [2.45, 2.75) is 43.4 Å². The van der Waals surface area contributed by atoms with E-state index in [2.05, 4.69) is 4.98 Å². The molecule has 6 nitrogen and oxygen atoms in total. The Morgan fingerprint density at radius 1 is 1.09 bits per heavy atom. The Labute approximate surface area is 178 Å². The summed E-state index contributed by atoms with van der Waals surface area (Å²) in [5.41, 5.74) is -1.10. The average molecular weight is 482 g/mol. The second-order valence-corrected chi connectivity index (χ2v) is 9.24. The lowest BCUT2D eigenvalue weighted by Gasteiger charge is -2.22. The highest BCUT2D eigenvalue weighted by atomic mass is 32.2. The molecular formula is C19H16F6N2O4S. The minimum Gasteiger partial charge on any atom is -0.480 e. The van der Waals surface area contributed by atoms with Crippen LogP contribution in [0.5, 0.6) is 5.75 Å². The molecule has 1 atom stereocenters. The third kappa shape index (κ3) is 4.97. The summed E-state index contributed by atoms with van der Waals surface area (Å²) in [6.07, 6.45) is -9.91. The Morgan fingerprint density at radius 2 is 1.72 bits per heavy atom. The summed E-state index contributed by atoms with van der Waals surface area (Å²) in [5.74, 6) is -1.40. The summed E-state index contributed by atoms with van der Waals surface area (Å²) >= 11 is 0. The molecule has 32 heavy (non-hydrogen) atoms. The summed E-state index contributed by atoms with van der Waals surface area (Å²) in [7, 11) is -3.82. The molecule has 1 aromatic carbocycles. The van der Waals surface area contributed by atoms with Crippen LogP contribution < -0.4 is 4.74 Å². The Hall–Kier alpha value is -2.83. The van der Waals surface area contributed by atoms with E-state index in [1.165, 1.54) is 0 Å². The molecule has 13 heteroatoms. The van der Waals surface area contributed by atoms with Crippen LogP contribution in [0.3, 0.4) is 0 Å². The van der Waals surface area contributed by atoms with Gasteiger partial charge in [-0.3, -0.25) is 9.78 Å². The molecule has 0 fully saturated rings. The average Bonchev–Trinajstić information content (AvgIpc) is 3.08. The number of hydrogen-bond donors (Lipinski definition) is 0. The van der Waals surface area contributed by atoms with Crippen molar-refractivity contribution in [3.05, 3.63) is 52.8 Å². The number of rotatable bonds is 4. The van der Waals surface area contributed by atoms with Gasteiger partial charge in [-0.25, -0.2) is 8.42 Å². The minimum atomic E-state index is -4.75. The van der Waals surface area contributed by atoms with E-state index < -0.39 is 51.2 Å². The monoisotopic (exact) mass is 482 g/mol. The second-order valence-electron chi connectivity index (χ2n) is 7.23. The van der Waals surface area contributed by atoms with Crippen LogP contribution in [0.2, 0.25) is 0 Å². The molecule has 3 rings (SSSR count). The van der Waals surface area contributed by atoms with E-state index in [1.807, 2.05) is 0 Å². The number of ether oxygens (including phenoxy) is 1. The van der Waals surface area contributed by atoms with Gasteiger partial charge in [0.15, 0.2) is 15.9 Å².